The molecule has 0 saturated heterocycles. The zero-order valence-electron chi connectivity index (χ0n) is 14.9. The normalized spacial score (nSPS) is 13.4. The smallest absolute Gasteiger partial charge is 0.233 e. The molecule has 1 N–H and O–H groups in total. The van der Waals surface area contributed by atoms with Crippen molar-refractivity contribution >= 4 is 17.7 Å². The number of unbranched alkanes of at least 4 members (excludes halogenated alkanes) is 2. The maximum Gasteiger partial charge on any atom is 0.233 e. The van der Waals surface area contributed by atoms with Crippen LogP contribution in [0.4, 0.5) is 4.39 Å². The lowest BCUT2D eigenvalue weighted by Gasteiger charge is -2.17. The van der Waals surface area contributed by atoms with Gasteiger partial charge in [0.2, 0.25) is 5.91 Å². The Morgan fingerprint density at radius 1 is 1.28 bits per heavy atom. The van der Waals surface area contributed by atoms with E-state index in [0.717, 1.165) is 36.5 Å². The molecule has 7 heteroatoms. The van der Waals surface area contributed by atoms with E-state index in [0.29, 0.717) is 0 Å². The molecule has 2 atom stereocenters. The molecule has 0 aliphatic carbocycles. The van der Waals surface area contributed by atoms with Crippen molar-refractivity contribution in [2.75, 3.05) is 0 Å². The number of aromatic nitrogens is 3. The van der Waals surface area contributed by atoms with Crippen molar-refractivity contribution in [2.24, 2.45) is 0 Å². The van der Waals surface area contributed by atoms with Gasteiger partial charge in [-0.3, -0.25) is 4.79 Å². The van der Waals surface area contributed by atoms with Crippen molar-refractivity contribution in [1.29, 1.82) is 0 Å². The molecule has 0 spiro atoms. The van der Waals surface area contributed by atoms with Crippen LogP contribution in [0, 0.1) is 5.82 Å². The third-order valence-electron chi connectivity index (χ3n) is 3.96. The Balaban J connectivity index is 1.90. The number of hydrogen-bond acceptors (Lipinski definition) is 4. The first-order chi connectivity index (χ1) is 12.0. The first kappa shape index (κ1) is 19.4. The van der Waals surface area contributed by atoms with Gasteiger partial charge in [0.1, 0.15) is 12.1 Å². The molecule has 1 aromatic heterocycles. The van der Waals surface area contributed by atoms with Crippen LogP contribution in [0.3, 0.4) is 0 Å². The summed E-state index contributed by atoms with van der Waals surface area (Å²) >= 11 is 1.40. The monoisotopic (exact) mass is 364 g/mol. The summed E-state index contributed by atoms with van der Waals surface area (Å²) in [5, 5.41) is 11.5. The highest BCUT2D eigenvalue weighted by molar-refractivity contribution is 8.00. The lowest BCUT2D eigenvalue weighted by Crippen LogP contribution is -2.33. The molecule has 1 amide bonds. The van der Waals surface area contributed by atoms with E-state index in [9.17, 15) is 9.18 Å². The van der Waals surface area contributed by atoms with E-state index < -0.39 is 0 Å². The van der Waals surface area contributed by atoms with Gasteiger partial charge in [0.05, 0.1) is 11.3 Å². The average Bonchev–Trinajstić information content (AvgIpc) is 3.02. The molecule has 1 aromatic carbocycles. The van der Waals surface area contributed by atoms with Gasteiger partial charge in [-0.05, 0) is 38.0 Å². The lowest BCUT2D eigenvalue weighted by atomic mass is 10.1. The highest BCUT2D eigenvalue weighted by Gasteiger charge is 2.20. The van der Waals surface area contributed by atoms with Crippen molar-refractivity contribution in [3.8, 4) is 0 Å². The number of halogens is 1. The van der Waals surface area contributed by atoms with Crippen molar-refractivity contribution in [3.63, 3.8) is 0 Å². The van der Waals surface area contributed by atoms with E-state index in [-0.39, 0.29) is 23.0 Å². The Morgan fingerprint density at radius 3 is 2.68 bits per heavy atom. The third kappa shape index (κ3) is 5.85. The number of nitrogens with zero attached hydrogens (tertiary/aromatic N) is 3. The van der Waals surface area contributed by atoms with Crippen LogP contribution in [0.5, 0.6) is 0 Å². The minimum atomic E-state index is -0.294. The van der Waals surface area contributed by atoms with Crippen LogP contribution in [-0.4, -0.2) is 25.9 Å². The molecule has 0 aliphatic heterocycles. The van der Waals surface area contributed by atoms with Crippen molar-refractivity contribution in [3.05, 3.63) is 42.0 Å². The zero-order chi connectivity index (χ0) is 18.2. The topological polar surface area (TPSA) is 59.8 Å². The quantitative estimate of drug-likeness (QED) is 0.540. The molecule has 0 unspecified atom stereocenters. The molecular formula is C18H25FN4OS. The molecule has 5 nitrogen and oxygen atoms in total. The first-order valence-electron chi connectivity index (χ1n) is 8.61. The Bertz CT molecular complexity index is 674. The molecular weight excluding hydrogens is 339 g/mol. The average molecular weight is 364 g/mol. The third-order valence-corrected chi connectivity index (χ3v) is 5.06. The Kier molecular flexibility index (Phi) is 7.43. The second-order valence-corrected chi connectivity index (χ2v) is 7.36. The molecule has 0 saturated carbocycles. The van der Waals surface area contributed by atoms with Gasteiger partial charge in [-0.2, -0.15) is 0 Å². The van der Waals surface area contributed by atoms with E-state index in [1.54, 1.807) is 18.5 Å². The second-order valence-electron chi connectivity index (χ2n) is 6.06. The summed E-state index contributed by atoms with van der Waals surface area (Å²) in [7, 11) is 0. The number of aryl methyl sites for hydroxylation is 1. The Morgan fingerprint density at radius 2 is 2.00 bits per heavy atom. The number of benzene rings is 1. The van der Waals surface area contributed by atoms with Gasteiger partial charge in [-0.1, -0.05) is 43.7 Å². The van der Waals surface area contributed by atoms with Crippen LogP contribution in [-0.2, 0) is 11.3 Å². The van der Waals surface area contributed by atoms with Gasteiger partial charge in [0.25, 0.3) is 0 Å². The van der Waals surface area contributed by atoms with Gasteiger partial charge < -0.3 is 9.88 Å². The minimum Gasteiger partial charge on any atom is -0.349 e. The summed E-state index contributed by atoms with van der Waals surface area (Å²) in [6, 6.07) is 5.98. The highest BCUT2D eigenvalue weighted by atomic mass is 32.2. The molecule has 0 aliphatic rings. The number of hydrogen-bond donors (Lipinski definition) is 1. The molecule has 0 radical (unpaired) electrons. The molecule has 136 valence electrons. The van der Waals surface area contributed by atoms with E-state index in [1.807, 2.05) is 18.4 Å². The van der Waals surface area contributed by atoms with Crippen molar-refractivity contribution in [2.45, 2.75) is 63.0 Å². The number of amides is 1. The summed E-state index contributed by atoms with van der Waals surface area (Å²) < 4.78 is 15.0. The fraction of sp³-hybridized carbons (Fsp3) is 0.500. The largest absolute Gasteiger partial charge is 0.349 e. The predicted octanol–water partition coefficient (Wildman–Crippen LogP) is 3.97. The molecule has 2 rings (SSSR count). The SMILES string of the molecule is CCCCCn1cnnc1S[C@@H](C)C(=O)N[C@H](C)c1ccc(F)cc1. The Hall–Kier alpha value is -1.89. The fourth-order valence-electron chi connectivity index (χ4n) is 2.40. The van der Waals surface area contributed by atoms with Crippen LogP contribution in [0.15, 0.2) is 35.7 Å². The maximum atomic E-state index is 13.0. The predicted molar refractivity (Wildman–Crippen MR) is 97.8 cm³/mol. The summed E-state index contributed by atoms with van der Waals surface area (Å²) in [6.45, 7) is 6.76. The number of nitrogens with one attached hydrogen (secondary N) is 1. The Labute approximate surface area is 152 Å². The second kappa shape index (κ2) is 9.56. The van der Waals surface area contributed by atoms with Gasteiger partial charge >= 0.3 is 0 Å². The summed E-state index contributed by atoms with van der Waals surface area (Å²) in [5.41, 5.74) is 0.870. The molecule has 25 heavy (non-hydrogen) atoms. The number of thioether (sulfide) groups is 1. The lowest BCUT2D eigenvalue weighted by molar-refractivity contribution is -0.120. The maximum absolute atomic E-state index is 13.0. The molecule has 0 fully saturated rings. The zero-order valence-corrected chi connectivity index (χ0v) is 15.7. The molecule has 1 heterocycles. The molecule has 2 aromatic rings. The van der Waals surface area contributed by atoms with Crippen LogP contribution in [0.2, 0.25) is 0 Å². The van der Waals surface area contributed by atoms with Crippen LogP contribution in [0.1, 0.15) is 51.6 Å². The van der Waals surface area contributed by atoms with Crippen molar-refractivity contribution in [1.82, 2.24) is 20.1 Å². The van der Waals surface area contributed by atoms with Gasteiger partial charge in [0, 0.05) is 6.54 Å². The van der Waals surface area contributed by atoms with Crippen LogP contribution in [0.25, 0.3) is 0 Å². The van der Waals surface area contributed by atoms with Gasteiger partial charge in [-0.25, -0.2) is 4.39 Å². The minimum absolute atomic E-state index is 0.0788. The summed E-state index contributed by atoms with van der Waals surface area (Å²) in [4.78, 5) is 12.4. The number of rotatable bonds is 9. The summed E-state index contributed by atoms with van der Waals surface area (Å²) in [5.74, 6) is -0.362. The fourth-order valence-corrected chi connectivity index (χ4v) is 3.26. The summed E-state index contributed by atoms with van der Waals surface area (Å²) in [6.07, 6.45) is 5.10. The van der Waals surface area contributed by atoms with E-state index in [1.165, 1.54) is 23.9 Å². The van der Waals surface area contributed by atoms with E-state index in [2.05, 4.69) is 22.4 Å². The van der Waals surface area contributed by atoms with Gasteiger partial charge in [-0.15, -0.1) is 10.2 Å². The number of carbonyl (C=O) groups excluding carboxylic acids is 1. The van der Waals surface area contributed by atoms with Crippen molar-refractivity contribution < 1.29 is 9.18 Å². The standard InChI is InChI=1S/C18H25FN4OS/c1-4-5-6-11-23-12-20-22-18(23)25-14(3)17(24)21-13(2)15-7-9-16(19)10-8-15/h7-10,12-14H,4-6,11H2,1-3H3,(H,21,24)/t13-,14+/m1/s1. The van der Waals surface area contributed by atoms with Crippen LogP contribution < -0.4 is 5.32 Å². The number of carbonyl (C=O) groups is 1. The van der Waals surface area contributed by atoms with Crippen LogP contribution >= 0.6 is 11.8 Å². The first-order valence-corrected chi connectivity index (χ1v) is 9.49. The molecule has 0 bridgehead atoms. The van der Waals surface area contributed by atoms with E-state index >= 15 is 0 Å². The highest BCUT2D eigenvalue weighted by Crippen LogP contribution is 2.22. The van der Waals surface area contributed by atoms with E-state index in [4.69, 9.17) is 0 Å². The van der Waals surface area contributed by atoms with Gasteiger partial charge in [0.15, 0.2) is 5.16 Å².